The van der Waals surface area contributed by atoms with Gasteiger partial charge in [0.15, 0.2) is 0 Å². The van der Waals surface area contributed by atoms with Crippen molar-refractivity contribution in [3.05, 3.63) is 66.0 Å². The summed E-state index contributed by atoms with van der Waals surface area (Å²) in [6, 6.07) is 14.0. The molecule has 1 unspecified atom stereocenters. The SMILES string of the molecule is CN(C(=O)CC(CC=O)c1ccccc1)C12CC1(c1ccncc1)C2. The number of fused-ring (bicyclic) bond motifs is 1. The molecule has 4 heteroatoms. The molecule has 4 rings (SSSR count). The van der Waals surface area contributed by atoms with Gasteiger partial charge in [0.2, 0.25) is 5.91 Å². The Kier molecular flexibility index (Phi) is 3.71. The van der Waals surface area contributed by atoms with Crippen LogP contribution in [0.1, 0.15) is 42.7 Å². The Bertz CT molecular complexity index is 782. The number of aldehydes is 1. The van der Waals surface area contributed by atoms with E-state index >= 15 is 0 Å². The van der Waals surface area contributed by atoms with E-state index in [0.717, 1.165) is 24.7 Å². The van der Waals surface area contributed by atoms with Crippen molar-refractivity contribution in [1.82, 2.24) is 9.88 Å². The van der Waals surface area contributed by atoms with Crippen molar-refractivity contribution >= 4 is 12.2 Å². The minimum Gasteiger partial charge on any atom is -0.339 e. The minimum atomic E-state index is -0.0436. The standard InChI is InChI=1S/C21H22N2O2/c1-23(21-14-20(21,15-21)18-7-10-22-11-8-18)19(25)13-17(9-12-24)16-5-3-2-4-6-16/h2-8,10-12,17H,9,13-15H2,1H3. The molecule has 2 aliphatic carbocycles. The molecular formula is C21H22N2O2. The molecule has 1 atom stereocenters. The summed E-state index contributed by atoms with van der Waals surface area (Å²) >= 11 is 0. The van der Waals surface area contributed by atoms with E-state index in [-0.39, 0.29) is 22.8 Å². The van der Waals surface area contributed by atoms with E-state index in [4.69, 9.17) is 0 Å². The zero-order valence-corrected chi connectivity index (χ0v) is 14.4. The molecule has 0 radical (unpaired) electrons. The van der Waals surface area contributed by atoms with Gasteiger partial charge in [-0.25, -0.2) is 0 Å². The maximum Gasteiger partial charge on any atom is 0.223 e. The number of carbonyl (C=O) groups excluding carboxylic acids is 2. The first-order valence-electron chi connectivity index (χ1n) is 8.79. The van der Waals surface area contributed by atoms with Crippen molar-refractivity contribution in [3.63, 3.8) is 0 Å². The minimum absolute atomic E-state index is 0.00610. The summed E-state index contributed by atoms with van der Waals surface area (Å²) in [6.45, 7) is 0. The molecule has 0 N–H and O–H groups in total. The zero-order valence-electron chi connectivity index (χ0n) is 14.4. The van der Waals surface area contributed by atoms with E-state index in [1.807, 2.05) is 54.7 Å². The van der Waals surface area contributed by atoms with Crippen molar-refractivity contribution in [1.29, 1.82) is 0 Å². The van der Waals surface area contributed by atoms with Crippen LogP contribution in [0.4, 0.5) is 0 Å². The number of hydrogen-bond donors (Lipinski definition) is 0. The molecule has 2 aromatic rings. The van der Waals surface area contributed by atoms with Gasteiger partial charge in [0.05, 0.1) is 5.54 Å². The molecule has 2 fully saturated rings. The Morgan fingerprint density at radius 1 is 1.20 bits per heavy atom. The molecular weight excluding hydrogens is 312 g/mol. The maximum atomic E-state index is 12.9. The largest absolute Gasteiger partial charge is 0.339 e. The summed E-state index contributed by atoms with van der Waals surface area (Å²) < 4.78 is 0. The molecule has 1 aromatic carbocycles. The van der Waals surface area contributed by atoms with E-state index in [0.29, 0.717) is 12.8 Å². The fraction of sp³-hybridized carbons (Fsp3) is 0.381. The number of amides is 1. The van der Waals surface area contributed by atoms with E-state index in [2.05, 4.69) is 17.1 Å². The molecule has 25 heavy (non-hydrogen) atoms. The van der Waals surface area contributed by atoms with Gasteiger partial charge in [0, 0.05) is 37.7 Å². The van der Waals surface area contributed by atoms with Crippen molar-refractivity contribution in [2.75, 3.05) is 7.05 Å². The third-order valence-electron chi connectivity index (χ3n) is 6.15. The lowest BCUT2D eigenvalue weighted by atomic mass is 9.92. The lowest BCUT2D eigenvalue weighted by Gasteiger charge is -2.23. The number of aromatic nitrogens is 1. The van der Waals surface area contributed by atoms with Crippen molar-refractivity contribution in [2.45, 2.75) is 42.6 Å². The molecule has 0 saturated heterocycles. The highest BCUT2D eigenvalue weighted by Gasteiger charge is 2.86. The van der Waals surface area contributed by atoms with Crippen LogP contribution in [0.25, 0.3) is 0 Å². The van der Waals surface area contributed by atoms with Gasteiger partial charge in [-0.05, 0) is 42.0 Å². The van der Waals surface area contributed by atoms with Crippen LogP contribution in [0.5, 0.6) is 0 Å². The quantitative estimate of drug-likeness (QED) is 0.731. The van der Waals surface area contributed by atoms with Crippen LogP contribution in [-0.4, -0.2) is 34.7 Å². The van der Waals surface area contributed by atoms with E-state index in [9.17, 15) is 9.59 Å². The molecule has 1 heterocycles. The maximum absolute atomic E-state index is 12.9. The van der Waals surface area contributed by atoms with Crippen LogP contribution in [0.2, 0.25) is 0 Å². The second-order valence-corrected chi connectivity index (χ2v) is 7.37. The summed E-state index contributed by atoms with van der Waals surface area (Å²) in [7, 11) is 1.92. The Hall–Kier alpha value is -2.49. The highest BCUT2D eigenvalue weighted by molar-refractivity contribution is 5.81. The summed E-state index contributed by atoms with van der Waals surface area (Å²) in [5, 5.41) is 0. The first-order chi connectivity index (χ1) is 12.1. The number of nitrogens with zero attached hydrogens (tertiary/aromatic N) is 2. The predicted molar refractivity (Wildman–Crippen MR) is 95.1 cm³/mol. The van der Waals surface area contributed by atoms with Gasteiger partial charge in [-0.15, -0.1) is 0 Å². The van der Waals surface area contributed by atoms with Crippen LogP contribution in [-0.2, 0) is 15.0 Å². The fourth-order valence-corrected chi connectivity index (χ4v) is 4.33. The summed E-state index contributed by atoms with van der Waals surface area (Å²) in [4.78, 5) is 30.0. The van der Waals surface area contributed by atoms with Crippen LogP contribution in [0.15, 0.2) is 54.9 Å². The predicted octanol–water partition coefficient (Wildman–Crippen LogP) is 3.09. The smallest absolute Gasteiger partial charge is 0.223 e. The molecule has 0 spiro atoms. The number of carbonyl (C=O) groups is 2. The number of rotatable bonds is 7. The third kappa shape index (κ3) is 2.48. The molecule has 1 aromatic heterocycles. The van der Waals surface area contributed by atoms with Gasteiger partial charge in [-0.1, -0.05) is 30.3 Å². The molecule has 2 saturated carbocycles. The Morgan fingerprint density at radius 2 is 1.88 bits per heavy atom. The molecule has 4 nitrogen and oxygen atoms in total. The topological polar surface area (TPSA) is 50.3 Å². The first-order valence-corrected chi connectivity index (χ1v) is 8.79. The summed E-state index contributed by atoms with van der Waals surface area (Å²) in [5.74, 6) is 0.0852. The van der Waals surface area contributed by atoms with Crippen molar-refractivity contribution in [3.8, 4) is 0 Å². The van der Waals surface area contributed by atoms with E-state index < -0.39 is 0 Å². The van der Waals surface area contributed by atoms with Gasteiger partial charge in [-0.2, -0.15) is 0 Å². The number of likely N-dealkylation sites (N-methyl/N-ethyl adjacent to an activating group) is 1. The third-order valence-corrected chi connectivity index (χ3v) is 6.15. The average Bonchev–Trinajstić information content (AvgIpc) is 3.50. The lowest BCUT2D eigenvalue weighted by molar-refractivity contribution is -0.132. The first kappa shape index (κ1) is 16.0. The molecule has 1 amide bonds. The van der Waals surface area contributed by atoms with Crippen LogP contribution < -0.4 is 0 Å². The molecule has 2 aliphatic rings. The van der Waals surface area contributed by atoms with Crippen LogP contribution in [0.3, 0.4) is 0 Å². The molecule has 0 bridgehead atoms. The zero-order chi connectivity index (χ0) is 17.5. The highest BCUT2D eigenvalue weighted by atomic mass is 16.2. The number of pyridine rings is 1. The normalized spacial score (nSPS) is 27.1. The second kappa shape index (κ2) is 5.80. The van der Waals surface area contributed by atoms with Gasteiger partial charge >= 0.3 is 0 Å². The van der Waals surface area contributed by atoms with E-state index in [1.165, 1.54) is 5.56 Å². The van der Waals surface area contributed by atoms with Crippen molar-refractivity contribution < 1.29 is 9.59 Å². The summed E-state index contributed by atoms with van der Waals surface area (Å²) in [6.07, 6.45) is 7.40. The highest BCUT2D eigenvalue weighted by Crippen LogP contribution is 2.81. The number of hydrogen-bond acceptors (Lipinski definition) is 3. The Morgan fingerprint density at radius 3 is 2.52 bits per heavy atom. The second-order valence-electron chi connectivity index (χ2n) is 7.37. The average molecular weight is 334 g/mol. The van der Waals surface area contributed by atoms with Crippen molar-refractivity contribution in [2.24, 2.45) is 0 Å². The lowest BCUT2D eigenvalue weighted by Crippen LogP contribution is -2.34. The number of benzene rings is 1. The molecule has 0 aliphatic heterocycles. The van der Waals surface area contributed by atoms with Crippen LogP contribution >= 0.6 is 0 Å². The van der Waals surface area contributed by atoms with Gasteiger partial charge in [0.25, 0.3) is 0 Å². The molecule has 128 valence electrons. The monoisotopic (exact) mass is 334 g/mol. The summed E-state index contributed by atoms with van der Waals surface area (Å²) in [5.41, 5.74) is 2.48. The Labute approximate surface area is 147 Å². The Balaban J connectivity index is 1.46. The van der Waals surface area contributed by atoms with Gasteiger partial charge in [0.1, 0.15) is 6.29 Å². The fourth-order valence-electron chi connectivity index (χ4n) is 4.33. The van der Waals surface area contributed by atoms with Gasteiger partial charge < -0.3 is 9.69 Å². The van der Waals surface area contributed by atoms with E-state index in [1.54, 1.807) is 0 Å². The van der Waals surface area contributed by atoms with Crippen LogP contribution in [0, 0.1) is 0 Å². The van der Waals surface area contributed by atoms with Gasteiger partial charge in [-0.3, -0.25) is 9.78 Å².